The van der Waals surface area contributed by atoms with Gasteiger partial charge in [0, 0.05) is 7.11 Å². The van der Waals surface area contributed by atoms with Crippen molar-refractivity contribution >= 4 is 6.08 Å². The van der Waals surface area contributed by atoms with Crippen LogP contribution in [0.3, 0.4) is 0 Å². The van der Waals surface area contributed by atoms with E-state index >= 15 is 0 Å². The maximum absolute atomic E-state index is 9.91. The van der Waals surface area contributed by atoms with Gasteiger partial charge < -0.3 is 34.6 Å². The zero-order valence-electron chi connectivity index (χ0n) is 12.8. The largest absolute Gasteiger partial charge is 0.462 e. The third kappa shape index (κ3) is 4.51. The van der Waals surface area contributed by atoms with E-state index in [9.17, 15) is 15.3 Å². The number of benzene rings is 1. The molecular weight excluding hydrogens is 304 g/mol. The van der Waals surface area contributed by atoms with Crippen LogP contribution in [0.15, 0.2) is 30.3 Å². The van der Waals surface area contributed by atoms with Gasteiger partial charge in [0.1, 0.15) is 30.2 Å². The van der Waals surface area contributed by atoms with Crippen LogP contribution >= 0.6 is 0 Å². The van der Waals surface area contributed by atoms with Gasteiger partial charge in [-0.2, -0.15) is 0 Å². The third-order valence-electron chi connectivity index (χ3n) is 3.55. The second-order valence-corrected chi connectivity index (χ2v) is 5.24. The van der Waals surface area contributed by atoms with E-state index in [1.165, 1.54) is 0 Å². The first-order valence-electron chi connectivity index (χ1n) is 7.29. The first kappa shape index (κ1) is 17.9. The SMILES string of the molecule is COC/C=C/c1ccc(O[C@@H]2O[C@H](CO)[C@@H](O)[C@H](O)[C@H]2O)cc1. The van der Waals surface area contributed by atoms with E-state index in [1.807, 2.05) is 24.3 Å². The van der Waals surface area contributed by atoms with Crippen molar-refractivity contribution in [1.82, 2.24) is 0 Å². The molecule has 128 valence electrons. The van der Waals surface area contributed by atoms with Crippen LogP contribution in [0.25, 0.3) is 6.08 Å². The zero-order valence-corrected chi connectivity index (χ0v) is 12.8. The summed E-state index contributed by atoms with van der Waals surface area (Å²) in [5.41, 5.74) is 0.947. The summed E-state index contributed by atoms with van der Waals surface area (Å²) in [4.78, 5) is 0. The number of rotatable bonds is 6. The number of hydrogen-bond donors (Lipinski definition) is 4. The molecule has 0 aromatic heterocycles. The van der Waals surface area contributed by atoms with Gasteiger partial charge in [-0.05, 0) is 17.7 Å². The molecule has 0 bridgehead atoms. The molecule has 0 unspecified atom stereocenters. The molecule has 5 atom stereocenters. The summed E-state index contributed by atoms with van der Waals surface area (Å²) in [7, 11) is 1.61. The van der Waals surface area contributed by atoms with Crippen molar-refractivity contribution in [3.05, 3.63) is 35.9 Å². The Kier molecular flexibility index (Phi) is 6.52. The molecule has 1 aliphatic heterocycles. The summed E-state index contributed by atoms with van der Waals surface area (Å²) < 4.78 is 15.7. The Morgan fingerprint density at radius 3 is 2.39 bits per heavy atom. The van der Waals surface area contributed by atoms with Crippen LogP contribution in [0.5, 0.6) is 5.75 Å². The highest BCUT2D eigenvalue weighted by atomic mass is 16.7. The lowest BCUT2D eigenvalue weighted by molar-refractivity contribution is -0.277. The predicted octanol–water partition coefficient (Wildman–Crippen LogP) is -0.475. The standard InChI is InChI=1S/C16H22O7/c1-21-8-2-3-10-4-6-11(7-5-10)22-16-15(20)14(19)13(18)12(9-17)23-16/h2-7,12-20H,8-9H2,1H3/b3-2+/t12-,13-,14+,15-,16-/m1/s1. The fourth-order valence-electron chi connectivity index (χ4n) is 2.24. The zero-order chi connectivity index (χ0) is 16.8. The minimum Gasteiger partial charge on any atom is -0.462 e. The maximum atomic E-state index is 9.91. The average molecular weight is 326 g/mol. The van der Waals surface area contributed by atoms with Crippen LogP contribution in [-0.2, 0) is 9.47 Å². The number of aliphatic hydroxyl groups is 4. The highest BCUT2D eigenvalue weighted by Crippen LogP contribution is 2.24. The van der Waals surface area contributed by atoms with Gasteiger partial charge in [-0.1, -0.05) is 24.3 Å². The quantitative estimate of drug-likeness (QED) is 0.559. The summed E-state index contributed by atoms with van der Waals surface area (Å²) in [5, 5.41) is 38.5. The Balaban J connectivity index is 2.00. The second-order valence-electron chi connectivity index (χ2n) is 5.24. The molecule has 1 aromatic carbocycles. The van der Waals surface area contributed by atoms with Crippen LogP contribution in [0, 0.1) is 0 Å². The molecule has 23 heavy (non-hydrogen) atoms. The Hall–Kier alpha value is -1.48. The molecule has 1 heterocycles. The molecule has 1 saturated heterocycles. The molecular formula is C16H22O7. The van der Waals surface area contributed by atoms with Crippen molar-refractivity contribution in [3.63, 3.8) is 0 Å². The van der Waals surface area contributed by atoms with Gasteiger partial charge in [-0.15, -0.1) is 0 Å². The molecule has 1 fully saturated rings. The monoisotopic (exact) mass is 326 g/mol. The summed E-state index contributed by atoms with van der Waals surface area (Å²) in [6.07, 6.45) is -2.69. The molecule has 0 saturated carbocycles. The molecule has 2 rings (SSSR count). The third-order valence-corrected chi connectivity index (χ3v) is 3.55. The minimum atomic E-state index is -1.46. The average Bonchev–Trinajstić information content (AvgIpc) is 2.57. The molecule has 0 radical (unpaired) electrons. The van der Waals surface area contributed by atoms with Crippen molar-refractivity contribution in [1.29, 1.82) is 0 Å². The lowest BCUT2D eigenvalue weighted by Crippen LogP contribution is -2.60. The number of aliphatic hydroxyl groups excluding tert-OH is 4. The van der Waals surface area contributed by atoms with Crippen molar-refractivity contribution in [2.45, 2.75) is 30.7 Å². The fourth-order valence-corrected chi connectivity index (χ4v) is 2.24. The first-order valence-corrected chi connectivity index (χ1v) is 7.29. The summed E-state index contributed by atoms with van der Waals surface area (Å²) in [6.45, 7) is 0.0250. The highest BCUT2D eigenvalue weighted by Gasteiger charge is 2.44. The topological polar surface area (TPSA) is 109 Å². The molecule has 0 aliphatic carbocycles. The molecule has 1 aromatic rings. The van der Waals surface area contributed by atoms with Gasteiger partial charge in [0.25, 0.3) is 0 Å². The molecule has 1 aliphatic rings. The lowest BCUT2D eigenvalue weighted by atomic mass is 9.99. The Bertz CT molecular complexity index is 500. The number of methoxy groups -OCH3 is 1. The molecule has 4 N–H and O–H groups in total. The predicted molar refractivity (Wildman–Crippen MR) is 81.7 cm³/mol. The molecule has 7 nitrogen and oxygen atoms in total. The van der Waals surface area contributed by atoms with Crippen molar-refractivity contribution in [2.75, 3.05) is 20.3 Å². The fraction of sp³-hybridized carbons (Fsp3) is 0.500. The summed E-state index contributed by atoms with van der Waals surface area (Å²) in [6, 6.07) is 7.00. The van der Waals surface area contributed by atoms with Gasteiger partial charge in [0.15, 0.2) is 0 Å². The smallest absolute Gasteiger partial charge is 0.229 e. The number of hydrogen-bond acceptors (Lipinski definition) is 7. The number of ether oxygens (including phenoxy) is 3. The van der Waals surface area contributed by atoms with Crippen LogP contribution in [0.1, 0.15) is 5.56 Å². The van der Waals surface area contributed by atoms with Gasteiger partial charge in [0.2, 0.25) is 6.29 Å². The van der Waals surface area contributed by atoms with E-state index in [1.54, 1.807) is 19.2 Å². The Morgan fingerprint density at radius 1 is 1.09 bits per heavy atom. The van der Waals surface area contributed by atoms with Gasteiger partial charge >= 0.3 is 0 Å². The van der Waals surface area contributed by atoms with Crippen LogP contribution in [0.2, 0.25) is 0 Å². The van der Waals surface area contributed by atoms with E-state index in [4.69, 9.17) is 19.3 Å². The van der Waals surface area contributed by atoms with E-state index in [0.29, 0.717) is 12.4 Å². The first-order chi connectivity index (χ1) is 11.1. The van der Waals surface area contributed by atoms with Gasteiger partial charge in [0.05, 0.1) is 13.2 Å². The van der Waals surface area contributed by atoms with Crippen molar-refractivity contribution in [3.8, 4) is 5.75 Å². The summed E-state index contributed by atoms with van der Waals surface area (Å²) in [5.74, 6) is 0.429. The van der Waals surface area contributed by atoms with Gasteiger partial charge in [-0.25, -0.2) is 0 Å². The van der Waals surface area contributed by atoms with Crippen molar-refractivity contribution < 1.29 is 34.6 Å². The van der Waals surface area contributed by atoms with E-state index in [2.05, 4.69) is 0 Å². The van der Waals surface area contributed by atoms with E-state index < -0.39 is 37.3 Å². The minimum absolute atomic E-state index is 0.429. The van der Waals surface area contributed by atoms with Crippen molar-refractivity contribution in [2.24, 2.45) is 0 Å². The second kappa shape index (κ2) is 8.39. The highest BCUT2D eigenvalue weighted by molar-refractivity contribution is 5.50. The Labute approximate surface area is 134 Å². The van der Waals surface area contributed by atoms with Crippen LogP contribution < -0.4 is 4.74 Å². The van der Waals surface area contributed by atoms with E-state index in [0.717, 1.165) is 5.56 Å². The van der Waals surface area contributed by atoms with Crippen LogP contribution in [0.4, 0.5) is 0 Å². The Morgan fingerprint density at radius 2 is 1.78 bits per heavy atom. The van der Waals surface area contributed by atoms with Crippen LogP contribution in [-0.4, -0.2) is 71.5 Å². The molecule has 7 heteroatoms. The van der Waals surface area contributed by atoms with Gasteiger partial charge in [-0.3, -0.25) is 0 Å². The summed E-state index contributed by atoms with van der Waals surface area (Å²) >= 11 is 0. The van der Waals surface area contributed by atoms with E-state index in [-0.39, 0.29) is 0 Å². The maximum Gasteiger partial charge on any atom is 0.229 e. The normalized spacial score (nSPS) is 31.4. The lowest BCUT2D eigenvalue weighted by Gasteiger charge is -2.39. The molecule has 0 amide bonds. The molecule has 0 spiro atoms.